The van der Waals surface area contributed by atoms with Crippen molar-refractivity contribution in [1.82, 2.24) is 20.1 Å². The number of ether oxygens (including phenoxy) is 1. The summed E-state index contributed by atoms with van der Waals surface area (Å²) in [7, 11) is 0. The Morgan fingerprint density at radius 3 is 2.60 bits per heavy atom. The van der Waals surface area contributed by atoms with Gasteiger partial charge in [-0.15, -0.1) is 10.2 Å². The van der Waals surface area contributed by atoms with Crippen LogP contribution in [0.5, 0.6) is 0 Å². The number of thioether (sulfide) groups is 1. The first kappa shape index (κ1) is 22.4. The monoisotopic (exact) mass is 443 g/mol. The number of carbonyl (C=O) groups excluding carboxylic acids is 1. The van der Waals surface area contributed by atoms with E-state index >= 15 is 0 Å². The zero-order valence-electron chi connectivity index (χ0n) is 16.6. The molecule has 0 spiro atoms. The highest BCUT2D eigenvalue weighted by Crippen LogP contribution is 2.29. The van der Waals surface area contributed by atoms with Gasteiger partial charge in [0.25, 0.3) is 0 Å². The maximum atomic E-state index is 13.2. The van der Waals surface area contributed by atoms with E-state index in [2.05, 4.69) is 15.5 Å². The molecule has 1 aliphatic heterocycles. The van der Waals surface area contributed by atoms with Gasteiger partial charge in [0.2, 0.25) is 11.9 Å². The Balaban J connectivity index is 1.63. The fourth-order valence-corrected chi connectivity index (χ4v) is 3.88. The summed E-state index contributed by atoms with van der Waals surface area (Å²) in [6, 6.07) is 9.71. The van der Waals surface area contributed by atoms with Crippen LogP contribution in [0.15, 0.2) is 35.5 Å². The lowest BCUT2D eigenvalue weighted by Crippen LogP contribution is -2.38. The van der Waals surface area contributed by atoms with Gasteiger partial charge in [-0.1, -0.05) is 42.1 Å². The number of halogens is 3. The van der Waals surface area contributed by atoms with Gasteiger partial charge in [0.1, 0.15) is 6.54 Å². The molecule has 2 aromatic rings. The third-order valence-electron chi connectivity index (χ3n) is 4.54. The number of hydrogen-bond donors (Lipinski definition) is 1. The molecule has 0 saturated carbocycles. The molecule has 1 atom stereocenters. The molecule has 30 heavy (non-hydrogen) atoms. The summed E-state index contributed by atoms with van der Waals surface area (Å²) >= 11 is 0.969. The van der Waals surface area contributed by atoms with Gasteiger partial charge in [-0.25, -0.2) is 0 Å². The summed E-state index contributed by atoms with van der Waals surface area (Å²) in [5.74, 6) is -0.111. The van der Waals surface area contributed by atoms with Crippen molar-refractivity contribution in [1.29, 1.82) is 0 Å². The van der Waals surface area contributed by atoms with Crippen molar-refractivity contribution < 1.29 is 22.7 Å². The van der Waals surface area contributed by atoms with Crippen LogP contribution < -0.4 is 10.2 Å². The van der Waals surface area contributed by atoms with Crippen LogP contribution in [0.2, 0.25) is 0 Å². The molecular formula is C19H24F3N5O2S. The Labute approximate surface area is 177 Å². The van der Waals surface area contributed by atoms with E-state index in [9.17, 15) is 18.0 Å². The summed E-state index contributed by atoms with van der Waals surface area (Å²) in [6.45, 7) is 2.60. The van der Waals surface area contributed by atoms with Crippen LogP contribution in [0.25, 0.3) is 0 Å². The Hall–Kier alpha value is -2.27. The second-order valence-corrected chi connectivity index (χ2v) is 8.18. The summed E-state index contributed by atoms with van der Waals surface area (Å²) in [4.78, 5) is 14.1. The van der Waals surface area contributed by atoms with Gasteiger partial charge in [-0.05, 0) is 18.9 Å². The lowest BCUT2D eigenvalue weighted by Gasteiger charge is -2.28. The predicted molar refractivity (Wildman–Crippen MR) is 108 cm³/mol. The largest absolute Gasteiger partial charge is 0.406 e. The molecule has 0 aliphatic carbocycles. The first-order valence-electron chi connectivity index (χ1n) is 9.64. The Bertz CT molecular complexity index is 825. The number of aromatic nitrogens is 3. The molecule has 11 heteroatoms. The minimum atomic E-state index is -4.43. The highest BCUT2D eigenvalue weighted by molar-refractivity contribution is 8.00. The van der Waals surface area contributed by atoms with Gasteiger partial charge >= 0.3 is 6.18 Å². The third-order valence-corrected chi connectivity index (χ3v) is 5.62. The average molecular weight is 443 g/mol. The summed E-state index contributed by atoms with van der Waals surface area (Å²) < 4.78 is 45.8. The Morgan fingerprint density at radius 1 is 1.23 bits per heavy atom. The van der Waals surface area contributed by atoms with Crippen LogP contribution in [-0.2, 0) is 22.5 Å². The zero-order chi connectivity index (χ0) is 21.6. The first-order chi connectivity index (χ1) is 14.3. The number of anilines is 1. The van der Waals surface area contributed by atoms with E-state index in [-0.39, 0.29) is 17.0 Å². The van der Waals surface area contributed by atoms with Crippen molar-refractivity contribution in [3.63, 3.8) is 0 Å². The maximum absolute atomic E-state index is 13.2. The van der Waals surface area contributed by atoms with Crippen molar-refractivity contribution in [3.8, 4) is 0 Å². The molecule has 1 aromatic carbocycles. The van der Waals surface area contributed by atoms with Crippen LogP contribution in [0.4, 0.5) is 19.1 Å². The van der Waals surface area contributed by atoms with E-state index < -0.39 is 18.0 Å². The van der Waals surface area contributed by atoms with Gasteiger partial charge < -0.3 is 15.0 Å². The molecule has 1 N–H and O–H groups in total. The molecule has 0 bridgehead atoms. The summed E-state index contributed by atoms with van der Waals surface area (Å²) in [5, 5.41) is 10.2. The molecule has 1 aromatic heterocycles. The van der Waals surface area contributed by atoms with Gasteiger partial charge in [0, 0.05) is 19.6 Å². The quantitative estimate of drug-likeness (QED) is 0.633. The third kappa shape index (κ3) is 6.36. The Morgan fingerprint density at radius 2 is 1.93 bits per heavy atom. The van der Waals surface area contributed by atoms with Gasteiger partial charge in [-0.2, -0.15) is 13.2 Å². The first-order valence-corrected chi connectivity index (χ1v) is 10.5. The fourth-order valence-electron chi connectivity index (χ4n) is 3.01. The lowest BCUT2D eigenvalue weighted by atomic mass is 10.1. The summed E-state index contributed by atoms with van der Waals surface area (Å²) in [5.41, 5.74) is 1.10. The number of benzene rings is 1. The van der Waals surface area contributed by atoms with Crippen LogP contribution in [-0.4, -0.2) is 64.9 Å². The second-order valence-electron chi connectivity index (χ2n) is 6.87. The van der Waals surface area contributed by atoms with Gasteiger partial charge in [0.15, 0.2) is 5.16 Å². The maximum Gasteiger partial charge on any atom is 0.406 e. The van der Waals surface area contributed by atoms with Crippen LogP contribution in [0, 0.1) is 0 Å². The highest BCUT2D eigenvalue weighted by atomic mass is 32.2. The normalized spacial score (nSPS) is 15.8. The average Bonchev–Trinajstić information content (AvgIpc) is 3.09. The molecule has 1 saturated heterocycles. The molecule has 0 radical (unpaired) electrons. The van der Waals surface area contributed by atoms with Crippen molar-refractivity contribution >= 4 is 23.6 Å². The lowest BCUT2D eigenvalue weighted by molar-refractivity contribution is -0.141. The molecule has 1 amide bonds. The topological polar surface area (TPSA) is 72.3 Å². The number of morpholine rings is 1. The molecule has 164 valence electrons. The number of alkyl halides is 3. The molecular weight excluding hydrogens is 419 g/mol. The van der Waals surface area contributed by atoms with Crippen LogP contribution >= 0.6 is 11.8 Å². The van der Waals surface area contributed by atoms with E-state index in [0.717, 1.165) is 21.9 Å². The van der Waals surface area contributed by atoms with Crippen molar-refractivity contribution in [2.24, 2.45) is 0 Å². The molecule has 7 nitrogen and oxygen atoms in total. The van der Waals surface area contributed by atoms with E-state index in [4.69, 9.17) is 4.74 Å². The summed E-state index contributed by atoms with van der Waals surface area (Å²) in [6.07, 6.45) is -3.75. The zero-order valence-corrected chi connectivity index (χ0v) is 17.4. The van der Waals surface area contributed by atoms with E-state index in [1.807, 2.05) is 30.3 Å². The van der Waals surface area contributed by atoms with Crippen molar-refractivity contribution in [2.45, 2.75) is 36.5 Å². The van der Waals surface area contributed by atoms with Gasteiger partial charge in [0.05, 0.1) is 18.5 Å². The van der Waals surface area contributed by atoms with E-state index in [1.165, 1.54) is 0 Å². The fraction of sp³-hybridized carbons (Fsp3) is 0.526. The molecule has 1 unspecified atom stereocenters. The van der Waals surface area contributed by atoms with E-state index in [1.54, 1.807) is 11.8 Å². The number of amides is 1. The number of nitrogens with zero attached hydrogens (tertiary/aromatic N) is 4. The standard InChI is InChI=1S/C19H24F3N5O2S/c1-14(16(28)23-8-7-15-5-3-2-4-6-15)30-18-25-24-17(26-9-11-29-12-10-26)27(18)13-19(20,21)22/h2-6,14H,7-13H2,1H3,(H,23,28). The molecule has 3 rings (SSSR count). The highest BCUT2D eigenvalue weighted by Gasteiger charge is 2.33. The van der Waals surface area contributed by atoms with Crippen molar-refractivity contribution in [2.75, 3.05) is 37.7 Å². The second kappa shape index (κ2) is 10.2. The van der Waals surface area contributed by atoms with E-state index in [0.29, 0.717) is 39.3 Å². The van der Waals surface area contributed by atoms with Crippen LogP contribution in [0.3, 0.4) is 0 Å². The smallest absolute Gasteiger partial charge is 0.378 e. The molecule has 2 heterocycles. The van der Waals surface area contributed by atoms with Crippen molar-refractivity contribution in [3.05, 3.63) is 35.9 Å². The number of carbonyl (C=O) groups is 1. The number of hydrogen-bond acceptors (Lipinski definition) is 6. The van der Waals surface area contributed by atoms with Gasteiger partial charge in [-0.3, -0.25) is 9.36 Å². The number of rotatable bonds is 8. The predicted octanol–water partition coefficient (Wildman–Crippen LogP) is 2.52. The minimum absolute atomic E-state index is 0.0690. The molecule has 1 aliphatic rings. The SMILES string of the molecule is CC(Sc1nnc(N2CCOCC2)n1CC(F)(F)F)C(=O)NCCc1ccccc1. The molecule has 1 fully saturated rings. The minimum Gasteiger partial charge on any atom is -0.378 e. The van der Waals surface area contributed by atoms with Crippen LogP contribution in [0.1, 0.15) is 12.5 Å². The Kier molecular flexibility index (Phi) is 7.59. The number of nitrogens with one attached hydrogen (secondary N) is 1.